The molecule has 3 unspecified atom stereocenters. The van der Waals surface area contributed by atoms with Crippen molar-refractivity contribution in [2.24, 2.45) is 0 Å². The topological polar surface area (TPSA) is 78.9 Å². The van der Waals surface area contributed by atoms with Gasteiger partial charge in [0.1, 0.15) is 6.04 Å². The standard InChI is InChI=1S/C15H28N2O4/c1-4-5-6-7-11(2)16-14(19)10-17-9-12(18)8-13(17)15(20)21-3/h11-13,18H,4-10H2,1-3H3,(H,16,19). The average Bonchev–Trinajstić information content (AvgIpc) is 2.78. The minimum atomic E-state index is -0.580. The molecule has 6 nitrogen and oxygen atoms in total. The van der Waals surface area contributed by atoms with Crippen molar-refractivity contribution in [3.05, 3.63) is 0 Å². The van der Waals surface area contributed by atoms with E-state index in [0.717, 1.165) is 19.3 Å². The van der Waals surface area contributed by atoms with Crippen LogP contribution in [-0.2, 0) is 14.3 Å². The van der Waals surface area contributed by atoms with Gasteiger partial charge in [-0.2, -0.15) is 0 Å². The fourth-order valence-electron chi connectivity index (χ4n) is 2.71. The maximum Gasteiger partial charge on any atom is 0.323 e. The zero-order valence-corrected chi connectivity index (χ0v) is 13.3. The molecule has 3 atom stereocenters. The maximum absolute atomic E-state index is 12.0. The molecule has 0 spiro atoms. The predicted molar refractivity (Wildman–Crippen MR) is 79.7 cm³/mol. The van der Waals surface area contributed by atoms with Gasteiger partial charge >= 0.3 is 5.97 Å². The number of methoxy groups -OCH3 is 1. The van der Waals surface area contributed by atoms with Gasteiger partial charge in [0.25, 0.3) is 0 Å². The van der Waals surface area contributed by atoms with E-state index in [2.05, 4.69) is 12.2 Å². The molecule has 0 saturated carbocycles. The number of nitrogens with one attached hydrogen (secondary N) is 1. The van der Waals surface area contributed by atoms with Crippen LogP contribution in [0.1, 0.15) is 46.0 Å². The van der Waals surface area contributed by atoms with Crippen molar-refractivity contribution in [2.45, 2.75) is 64.1 Å². The summed E-state index contributed by atoms with van der Waals surface area (Å²) in [4.78, 5) is 25.3. The lowest BCUT2D eigenvalue weighted by Gasteiger charge is -2.22. The normalized spacial score (nSPS) is 23.8. The fraction of sp³-hybridized carbons (Fsp3) is 0.867. The van der Waals surface area contributed by atoms with E-state index in [0.29, 0.717) is 13.0 Å². The number of β-amino-alcohol motifs (C(OH)–C–C–N with tert-alkyl or cyclic N) is 1. The highest BCUT2D eigenvalue weighted by molar-refractivity contribution is 5.81. The molecule has 0 bridgehead atoms. The van der Waals surface area contributed by atoms with Crippen LogP contribution < -0.4 is 5.32 Å². The first kappa shape index (κ1) is 17.9. The third-order valence-corrected chi connectivity index (χ3v) is 3.85. The van der Waals surface area contributed by atoms with Crippen molar-refractivity contribution >= 4 is 11.9 Å². The highest BCUT2D eigenvalue weighted by Gasteiger charge is 2.37. The van der Waals surface area contributed by atoms with E-state index in [-0.39, 0.29) is 18.5 Å². The number of rotatable bonds is 8. The second-order valence-corrected chi connectivity index (χ2v) is 5.82. The van der Waals surface area contributed by atoms with Gasteiger partial charge in [-0.25, -0.2) is 0 Å². The van der Waals surface area contributed by atoms with Crippen molar-refractivity contribution < 1.29 is 19.4 Å². The lowest BCUT2D eigenvalue weighted by Crippen LogP contribution is -2.45. The SMILES string of the molecule is CCCCCC(C)NC(=O)CN1CC(O)CC1C(=O)OC. The van der Waals surface area contributed by atoms with Crippen molar-refractivity contribution in [1.29, 1.82) is 0 Å². The molecule has 1 rings (SSSR count). The largest absolute Gasteiger partial charge is 0.468 e. The van der Waals surface area contributed by atoms with E-state index in [9.17, 15) is 14.7 Å². The molecule has 122 valence electrons. The van der Waals surface area contributed by atoms with Crippen LogP contribution in [0.3, 0.4) is 0 Å². The lowest BCUT2D eigenvalue weighted by molar-refractivity contribution is -0.146. The van der Waals surface area contributed by atoms with Crippen LogP contribution in [0.2, 0.25) is 0 Å². The molecule has 2 N–H and O–H groups in total. The first-order valence-corrected chi connectivity index (χ1v) is 7.77. The Bertz CT molecular complexity index is 349. The second kappa shape index (κ2) is 9.00. The molecule has 1 saturated heterocycles. The fourth-order valence-corrected chi connectivity index (χ4v) is 2.71. The summed E-state index contributed by atoms with van der Waals surface area (Å²) >= 11 is 0. The Labute approximate surface area is 126 Å². The Morgan fingerprint density at radius 3 is 2.76 bits per heavy atom. The van der Waals surface area contributed by atoms with E-state index in [1.807, 2.05) is 6.92 Å². The number of nitrogens with zero attached hydrogens (tertiary/aromatic N) is 1. The van der Waals surface area contributed by atoms with E-state index in [1.165, 1.54) is 13.5 Å². The third-order valence-electron chi connectivity index (χ3n) is 3.85. The van der Waals surface area contributed by atoms with Crippen LogP contribution in [0.4, 0.5) is 0 Å². The molecule has 0 radical (unpaired) electrons. The zero-order chi connectivity index (χ0) is 15.8. The highest BCUT2D eigenvalue weighted by Crippen LogP contribution is 2.18. The summed E-state index contributed by atoms with van der Waals surface area (Å²) in [6.45, 7) is 4.59. The highest BCUT2D eigenvalue weighted by atomic mass is 16.5. The third kappa shape index (κ3) is 6.01. The molecule has 0 aromatic rings. The number of amides is 1. The number of ether oxygens (including phenoxy) is 1. The van der Waals surface area contributed by atoms with Crippen molar-refractivity contribution in [1.82, 2.24) is 10.2 Å². The van der Waals surface area contributed by atoms with Gasteiger partial charge < -0.3 is 15.2 Å². The molecular weight excluding hydrogens is 272 g/mol. The molecule has 0 aromatic heterocycles. The number of likely N-dealkylation sites (tertiary alicyclic amines) is 1. The van der Waals surface area contributed by atoms with E-state index in [4.69, 9.17) is 4.74 Å². The summed E-state index contributed by atoms with van der Waals surface area (Å²) in [6, 6.07) is -0.390. The van der Waals surface area contributed by atoms with Gasteiger partial charge in [-0.15, -0.1) is 0 Å². The molecular formula is C15H28N2O4. The number of hydrogen-bond donors (Lipinski definition) is 2. The molecule has 1 amide bonds. The monoisotopic (exact) mass is 300 g/mol. The summed E-state index contributed by atoms with van der Waals surface area (Å²) in [5.41, 5.74) is 0. The van der Waals surface area contributed by atoms with Crippen LogP contribution in [-0.4, -0.2) is 60.3 Å². The van der Waals surface area contributed by atoms with Crippen molar-refractivity contribution in [2.75, 3.05) is 20.2 Å². The Balaban J connectivity index is 2.40. The Hall–Kier alpha value is -1.14. The summed E-state index contributed by atoms with van der Waals surface area (Å²) in [5, 5.41) is 12.6. The van der Waals surface area contributed by atoms with Gasteiger partial charge in [0, 0.05) is 19.0 Å². The number of esters is 1. The summed E-state index contributed by atoms with van der Waals surface area (Å²) in [6.07, 6.45) is 4.14. The molecule has 0 aliphatic carbocycles. The van der Waals surface area contributed by atoms with Gasteiger partial charge in [0.15, 0.2) is 0 Å². The van der Waals surface area contributed by atoms with Crippen LogP contribution in [0, 0.1) is 0 Å². The van der Waals surface area contributed by atoms with Crippen LogP contribution >= 0.6 is 0 Å². The first-order chi connectivity index (χ1) is 9.97. The quantitative estimate of drug-likeness (QED) is 0.509. The second-order valence-electron chi connectivity index (χ2n) is 5.82. The molecule has 21 heavy (non-hydrogen) atoms. The van der Waals surface area contributed by atoms with E-state index < -0.39 is 18.1 Å². The molecule has 1 fully saturated rings. The number of hydrogen-bond acceptors (Lipinski definition) is 5. The number of carbonyl (C=O) groups is 2. The van der Waals surface area contributed by atoms with Gasteiger partial charge in [0.05, 0.1) is 19.8 Å². The zero-order valence-electron chi connectivity index (χ0n) is 13.3. The van der Waals surface area contributed by atoms with Gasteiger partial charge in [-0.05, 0) is 13.3 Å². The van der Waals surface area contributed by atoms with Crippen LogP contribution in [0.25, 0.3) is 0 Å². The predicted octanol–water partition coefficient (Wildman–Crippen LogP) is 0.680. The smallest absolute Gasteiger partial charge is 0.323 e. The summed E-state index contributed by atoms with van der Waals surface area (Å²) < 4.78 is 4.72. The van der Waals surface area contributed by atoms with Crippen LogP contribution in [0.15, 0.2) is 0 Å². The van der Waals surface area contributed by atoms with Crippen molar-refractivity contribution in [3.63, 3.8) is 0 Å². The molecule has 1 aliphatic heterocycles. The van der Waals surface area contributed by atoms with E-state index >= 15 is 0 Å². The number of carbonyl (C=O) groups excluding carboxylic acids is 2. The average molecular weight is 300 g/mol. The van der Waals surface area contributed by atoms with Crippen molar-refractivity contribution in [3.8, 4) is 0 Å². The number of unbranched alkanes of at least 4 members (excludes halogenated alkanes) is 2. The van der Waals surface area contributed by atoms with Crippen LogP contribution in [0.5, 0.6) is 0 Å². The molecule has 6 heteroatoms. The summed E-state index contributed by atoms with van der Waals surface area (Å²) in [7, 11) is 1.32. The van der Waals surface area contributed by atoms with E-state index in [1.54, 1.807) is 4.90 Å². The number of aliphatic hydroxyl groups is 1. The molecule has 0 aromatic carbocycles. The number of aliphatic hydroxyl groups excluding tert-OH is 1. The van der Waals surface area contributed by atoms with Gasteiger partial charge in [0.2, 0.25) is 5.91 Å². The van der Waals surface area contributed by atoms with Gasteiger partial charge in [-0.1, -0.05) is 26.2 Å². The minimum absolute atomic E-state index is 0.109. The Morgan fingerprint density at radius 1 is 1.43 bits per heavy atom. The molecule has 1 aliphatic rings. The Morgan fingerprint density at radius 2 is 2.14 bits per heavy atom. The van der Waals surface area contributed by atoms with Gasteiger partial charge in [-0.3, -0.25) is 14.5 Å². The maximum atomic E-state index is 12.0. The summed E-state index contributed by atoms with van der Waals surface area (Å²) in [5.74, 6) is -0.502. The Kier molecular flexibility index (Phi) is 7.67. The minimum Gasteiger partial charge on any atom is -0.468 e. The first-order valence-electron chi connectivity index (χ1n) is 7.77. The molecule has 1 heterocycles. The lowest BCUT2D eigenvalue weighted by atomic mass is 10.1.